The Morgan fingerprint density at radius 1 is 1.00 bits per heavy atom. The number of pyridine rings is 1. The van der Waals surface area contributed by atoms with E-state index >= 15 is 0 Å². The summed E-state index contributed by atoms with van der Waals surface area (Å²) in [6, 6.07) is 16.9. The van der Waals surface area contributed by atoms with Crippen molar-refractivity contribution in [1.29, 1.82) is 0 Å². The fourth-order valence-corrected chi connectivity index (χ4v) is 4.08. The van der Waals surface area contributed by atoms with Gasteiger partial charge in [0.15, 0.2) is 0 Å². The smallest absolute Gasteiger partial charge is 0.0705 e. The van der Waals surface area contributed by atoms with E-state index in [0.717, 1.165) is 44.5 Å². The minimum atomic E-state index is 0.557. The number of aromatic nitrogens is 1. The van der Waals surface area contributed by atoms with Gasteiger partial charge in [-0.2, -0.15) is 0 Å². The molecule has 27 heavy (non-hydrogen) atoms. The normalized spacial score (nSPS) is 16.1. The molecule has 1 N–H and O–H groups in total. The molecule has 2 aromatic carbocycles. The summed E-state index contributed by atoms with van der Waals surface area (Å²) >= 11 is 12.1. The van der Waals surface area contributed by atoms with Gasteiger partial charge in [-0.3, -0.25) is 9.88 Å². The van der Waals surface area contributed by atoms with Crippen LogP contribution in [-0.2, 0) is 13.1 Å². The summed E-state index contributed by atoms with van der Waals surface area (Å²) in [4.78, 5) is 6.93. The maximum Gasteiger partial charge on any atom is 0.0705 e. The Balaban J connectivity index is 1.30. The molecule has 3 aromatic rings. The molecular formula is C22H23Cl2N3. The van der Waals surface area contributed by atoms with Gasteiger partial charge in [-0.1, -0.05) is 47.5 Å². The zero-order chi connectivity index (χ0) is 18.6. The number of nitrogens with zero attached hydrogens (tertiary/aromatic N) is 2. The zero-order valence-corrected chi connectivity index (χ0v) is 16.7. The Kier molecular flexibility index (Phi) is 5.94. The van der Waals surface area contributed by atoms with Gasteiger partial charge in [0.05, 0.1) is 15.6 Å². The summed E-state index contributed by atoms with van der Waals surface area (Å²) in [5.41, 5.74) is 3.60. The molecule has 1 saturated heterocycles. The van der Waals surface area contributed by atoms with Gasteiger partial charge in [0, 0.05) is 30.7 Å². The lowest BCUT2D eigenvalue weighted by Gasteiger charge is -2.32. The third-order valence-electron chi connectivity index (χ3n) is 5.30. The van der Waals surface area contributed by atoms with Crippen LogP contribution in [0, 0.1) is 0 Å². The fourth-order valence-electron chi connectivity index (χ4n) is 3.75. The molecule has 3 nitrogen and oxygen atoms in total. The van der Waals surface area contributed by atoms with Crippen LogP contribution in [0.1, 0.15) is 24.0 Å². The summed E-state index contributed by atoms with van der Waals surface area (Å²) in [7, 11) is 0. The molecule has 1 aromatic heterocycles. The van der Waals surface area contributed by atoms with E-state index in [2.05, 4.69) is 45.5 Å². The maximum absolute atomic E-state index is 6.13. The van der Waals surface area contributed by atoms with Crippen LogP contribution in [0.25, 0.3) is 10.9 Å². The first-order chi connectivity index (χ1) is 13.2. The molecule has 0 unspecified atom stereocenters. The molecule has 0 radical (unpaired) electrons. The van der Waals surface area contributed by atoms with Crippen molar-refractivity contribution < 1.29 is 0 Å². The molecule has 0 saturated carbocycles. The Bertz CT molecular complexity index is 915. The summed E-state index contributed by atoms with van der Waals surface area (Å²) < 4.78 is 0. The number of halogens is 2. The van der Waals surface area contributed by atoms with E-state index in [-0.39, 0.29) is 0 Å². The van der Waals surface area contributed by atoms with E-state index in [0.29, 0.717) is 16.1 Å². The Morgan fingerprint density at radius 2 is 1.81 bits per heavy atom. The highest BCUT2D eigenvalue weighted by Gasteiger charge is 2.19. The highest BCUT2D eigenvalue weighted by atomic mass is 35.5. The van der Waals surface area contributed by atoms with Crippen molar-refractivity contribution in [2.45, 2.75) is 32.0 Å². The minimum absolute atomic E-state index is 0.557. The zero-order valence-electron chi connectivity index (χ0n) is 15.2. The van der Waals surface area contributed by atoms with Crippen LogP contribution in [-0.4, -0.2) is 29.0 Å². The Morgan fingerprint density at radius 3 is 2.63 bits per heavy atom. The van der Waals surface area contributed by atoms with Crippen molar-refractivity contribution in [3.8, 4) is 0 Å². The number of rotatable bonds is 5. The largest absolute Gasteiger partial charge is 0.310 e. The quantitative estimate of drug-likeness (QED) is 0.630. The number of nitrogens with one attached hydrogen (secondary N) is 1. The third kappa shape index (κ3) is 4.61. The highest BCUT2D eigenvalue weighted by Crippen LogP contribution is 2.24. The lowest BCUT2D eigenvalue weighted by molar-refractivity contribution is 0.190. The first-order valence-electron chi connectivity index (χ1n) is 9.41. The first kappa shape index (κ1) is 18.7. The van der Waals surface area contributed by atoms with E-state index in [9.17, 15) is 0 Å². The molecule has 1 aliphatic rings. The molecular weight excluding hydrogens is 377 g/mol. The summed E-state index contributed by atoms with van der Waals surface area (Å²) in [6.07, 6.45) is 4.22. The van der Waals surface area contributed by atoms with Crippen LogP contribution in [0.5, 0.6) is 0 Å². The SMILES string of the molecule is Clc1ccc(CN2CCC(NCc3ccnc4ccccc34)CC2)cc1Cl. The number of piperidine rings is 1. The molecule has 0 atom stereocenters. The predicted octanol–water partition coefficient (Wildman–Crippen LogP) is 5.30. The lowest BCUT2D eigenvalue weighted by atomic mass is 10.0. The van der Waals surface area contributed by atoms with E-state index in [1.165, 1.54) is 16.5 Å². The van der Waals surface area contributed by atoms with Gasteiger partial charge >= 0.3 is 0 Å². The number of hydrogen-bond acceptors (Lipinski definition) is 3. The molecule has 5 heteroatoms. The topological polar surface area (TPSA) is 28.2 Å². The average molecular weight is 400 g/mol. The molecule has 4 rings (SSSR count). The van der Waals surface area contributed by atoms with Crippen molar-refractivity contribution >= 4 is 34.1 Å². The van der Waals surface area contributed by atoms with Crippen LogP contribution in [0.3, 0.4) is 0 Å². The van der Waals surface area contributed by atoms with Gasteiger partial charge in [0.2, 0.25) is 0 Å². The van der Waals surface area contributed by atoms with E-state index in [4.69, 9.17) is 23.2 Å². The number of para-hydroxylation sites is 1. The molecule has 1 aliphatic heterocycles. The maximum atomic E-state index is 6.13. The van der Waals surface area contributed by atoms with Crippen LogP contribution in [0.2, 0.25) is 10.0 Å². The number of hydrogen-bond donors (Lipinski definition) is 1. The van der Waals surface area contributed by atoms with Crippen molar-refractivity contribution in [3.05, 3.63) is 75.9 Å². The summed E-state index contributed by atoms with van der Waals surface area (Å²) in [6.45, 7) is 4.00. The van der Waals surface area contributed by atoms with E-state index in [1.807, 2.05) is 24.4 Å². The lowest BCUT2D eigenvalue weighted by Crippen LogP contribution is -2.41. The first-order valence-corrected chi connectivity index (χ1v) is 10.2. The molecule has 140 valence electrons. The Hall–Kier alpha value is -1.65. The molecule has 2 heterocycles. The van der Waals surface area contributed by atoms with Crippen molar-refractivity contribution in [2.75, 3.05) is 13.1 Å². The number of benzene rings is 2. The summed E-state index contributed by atoms with van der Waals surface area (Å²) in [5, 5.41) is 6.23. The van der Waals surface area contributed by atoms with Crippen LogP contribution >= 0.6 is 23.2 Å². The van der Waals surface area contributed by atoms with E-state index < -0.39 is 0 Å². The molecule has 0 spiro atoms. The van der Waals surface area contributed by atoms with E-state index in [1.54, 1.807) is 0 Å². The van der Waals surface area contributed by atoms with Gasteiger partial charge in [0.25, 0.3) is 0 Å². The Labute approximate surface area is 170 Å². The van der Waals surface area contributed by atoms with Gasteiger partial charge in [-0.05, 0) is 61.3 Å². The molecule has 0 amide bonds. The summed E-state index contributed by atoms with van der Waals surface area (Å²) in [5.74, 6) is 0. The molecule has 0 bridgehead atoms. The van der Waals surface area contributed by atoms with Gasteiger partial charge < -0.3 is 5.32 Å². The third-order valence-corrected chi connectivity index (χ3v) is 6.04. The second kappa shape index (κ2) is 8.57. The number of fused-ring (bicyclic) bond motifs is 1. The second-order valence-electron chi connectivity index (χ2n) is 7.17. The van der Waals surface area contributed by atoms with Crippen molar-refractivity contribution in [1.82, 2.24) is 15.2 Å². The van der Waals surface area contributed by atoms with Crippen LogP contribution < -0.4 is 5.32 Å². The monoisotopic (exact) mass is 399 g/mol. The van der Waals surface area contributed by atoms with Gasteiger partial charge in [0.1, 0.15) is 0 Å². The molecule has 0 aliphatic carbocycles. The number of likely N-dealkylation sites (tertiary alicyclic amines) is 1. The second-order valence-corrected chi connectivity index (χ2v) is 7.98. The minimum Gasteiger partial charge on any atom is -0.310 e. The highest BCUT2D eigenvalue weighted by molar-refractivity contribution is 6.42. The van der Waals surface area contributed by atoms with Gasteiger partial charge in [-0.15, -0.1) is 0 Å². The molecule has 1 fully saturated rings. The van der Waals surface area contributed by atoms with Crippen LogP contribution in [0.4, 0.5) is 0 Å². The van der Waals surface area contributed by atoms with Crippen LogP contribution in [0.15, 0.2) is 54.7 Å². The van der Waals surface area contributed by atoms with Crippen molar-refractivity contribution in [2.24, 2.45) is 0 Å². The van der Waals surface area contributed by atoms with Gasteiger partial charge in [-0.25, -0.2) is 0 Å². The average Bonchev–Trinajstić information content (AvgIpc) is 2.70. The van der Waals surface area contributed by atoms with Crippen molar-refractivity contribution in [3.63, 3.8) is 0 Å². The standard InChI is InChI=1S/C22H23Cl2N3/c23-20-6-5-16(13-21(20)24)15-27-11-8-18(9-12-27)26-14-17-7-10-25-22-4-2-1-3-19(17)22/h1-7,10,13,18,26H,8-9,11-12,14-15H2. The fraction of sp³-hybridized carbons (Fsp3) is 0.318. The predicted molar refractivity (Wildman–Crippen MR) is 113 cm³/mol.